The van der Waals surface area contributed by atoms with Gasteiger partial charge in [0.05, 0.1) is 10.6 Å². The predicted octanol–water partition coefficient (Wildman–Crippen LogP) is 4.46. The van der Waals surface area contributed by atoms with Gasteiger partial charge in [-0.25, -0.2) is 0 Å². The van der Waals surface area contributed by atoms with E-state index in [1.165, 1.54) is 30.3 Å². The smallest absolute Gasteiger partial charge is 0.269 e. The molecular formula is C21H16N2O4. The molecule has 6 nitrogen and oxygen atoms in total. The average molecular weight is 360 g/mol. The number of hydrogen-bond donors (Lipinski definition) is 0. The third-order valence-corrected chi connectivity index (χ3v) is 3.78. The van der Waals surface area contributed by atoms with Crippen molar-refractivity contribution in [3.8, 4) is 5.75 Å². The number of ketones is 1. The summed E-state index contributed by atoms with van der Waals surface area (Å²) >= 11 is 0. The van der Waals surface area contributed by atoms with Gasteiger partial charge in [-0.1, -0.05) is 24.3 Å². The number of carbonyl (C=O) groups excluding carboxylic acids is 1. The van der Waals surface area contributed by atoms with Crippen molar-refractivity contribution in [3.05, 3.63) is 106 Å². The Bertz CT molecular complexity index is 950. The minimum atomic E-state index is -0.498. The molecule has 6 heteroatoms. The molecular weight excluding hydrogens is 344 g/mol. The molecule has 0 amide bonds. The van der Waals surface area contributed by atoms with E-state index in [1.54, 1.807) is 12.3 Å². The molecule has 1 heterocycles. The van der Waals surface area contributed by atoms with Gasteiger partial charge in [0.25, 0.3) is 5.69 Å². The first-order chi connectivity index (χ1) is 13.1. The Balaban J connectivity index is 1.58. The molecule has 2 aromatic carbocycles. The van der Waals surface area contributed by atoms with Crippen LogP contribution in [-0.4, -0.2) is 15.7 Å². The highest BCUT2D eigenvalue weighted by Gasteiger charge is 2.07. The van der Waals surface area contributed by atoms with Gasteiger partial charge in [-0.05, 0) is 48.0 Å². The Hall–Kier alpha value is -3.80. The van der Waals surface area contributed by atoms with Gasteiger partial charge in [-0.3, -0.25) is 19.9 Å². The highest BCUT2D eigenvalue weighted by atomic mass is 16.6. The molecule has 3 rings (SSSR count). The van der Waals surface area contributed by atoms with Crippen LogP contribution >= 0.6 is 0 Å². The second-order valence-electron chi connectivity index (χ2n) is 5.68. The summed E-state index contributed by atoms with van der Waals surface area (Å²) in [7, 11) is 0. The third kappa shape index (κ3) is 5.09. The Kier molecular flexibility index (Phi) is 5.69. The summed E-state index contributed by atoms with van der Waals surface area (Å²) in [4.78, 5) is 26.5. The number of nitrogens with zero attached hydrogens (tertiary/aromatic N) is 2. The zero-order valence-electron chi connectivity index (χ0n) is 14.3. The first kappa shape index (κ1) is 18.0. The highest BCUT2D eigenvalue weighted by Crippen LogP contribution is 2.16. The minimum Gasteiger partial charge on any atom is -0.487 e. The minimum absolute atomic E-state index is 0.0446. The molecule has 0 radical (unpaired) electrons. The molecule has 0 saturated heterocycles. The van der Waals surface area contributed by atoms with E-state index >= 15 is 0 Å². The van der Waals surface area contributed by atoms with Crippen LogP contribution < -0.4 is 4.74 Å². The lowest BCUT2D eigenvalue weighted by atomic mass is 10.1. The van der Waals surface area contributed by atoms with Crippen LogP contribution in [0.15, 0.2) is 79.0 Å². The van der Waals surface area contributed by atoms with Gasteiger partial charge < -0.3 is 4.74 Å². The largest absolute Gasteiger partial charge is 0.487 e. The summed E-state index contributed by atoms with van der Waals surface area (Å²) in [5.41, 5.74) is 2.04. The summed E-state index contributed by atoms with van der Waals surface area (Å²) in [6.07, 6.45) is 4.84. The maximum absolute atomic E-state index is 12.1. The van der Waals surface area contributed by atoms with Crippen molar-refractivity contribution < 1.29 is 14.5 Å². The molecule has 0 aliphatic rings. The molecule has 0 saturated carbocycles. The number of ether oxygens (including phenoxy) is 1. The van der Waals surface area contributed by atoms with Crippen LogP contribution in [-0.2, 0) is 6.61 Å². The van der Waals surface area contributed by atoms with Crippen molar-refractivity contribution in [2.24, 2.45) is 0 Å². The van der Waals surface area contributed by atoms with Crippen LogP contribution in [0.4, 0.5) is 5.69 Å². The summed E-state index contributed by atoms with van der Waals surface area (Å²) in [6.45, 7) is 0.384. The molecule has 0 spiro atoms. The summed E-state index contributed by atoms with van der Waals surface area (Å²) in [5, 5.41) is 10.6. The zero-order chi connectivity index (χ0) is 19.1. The van der Waals surface area contributed by atoms with Crippen LogP contribution in [0.1, 0.15) is 21.6 Å². The van der Waals surface area contributed by atoms with Crippen molar-refractivity contribution in [3.63, 3.8) is 0 Å². The number of rotatable bonds is 7. The number of benzene rings is 2. The molecule has 134 valence electrons. The molecule has 0 fully saturated rings. The lowest BCUT2D eigenvalue weighted by Crippen LogP contribution is -1.97. The summed E-state index contributed by atoms with van der Waals surface area (Å²) in [5.74, 6) is 0.486. The zero-order valence-corrected chi connectivity index (χ0v) is 14.3. The second-order valence-corrected chi connectivity index (χ2v) is 5.68. The number of aromatic nitrogens is 1. The lowest BCUT2D eigenvalue weighted by Gasteiger charge is -2.05. The fourth-order valence-electron chi connectivity index (χ4n) is 2.33. The van der Waals surface area contributed by atoms with E-state index in [9.17, 15) is 14.9 Å². The van der Waals surface area contributed by atoms with Gasteiger partial charge in [-0.15, -0.1) is 0 Å². The Morgan fingerprint density at radius 2 is 1.78 bits per heavy atom. The maximum Gasteiger partial charge on any atom is 0.269 e. The first-order valence-electron chi connectivity index (χ1n) is 8.21. The molecule has 0 unspecified atom stereocenters. The summed E-state index contributed by atoms with van der Waals surface area (Å²) < 4.78 is 5.66. The van der Waals surface area contributed by atoms with E-state index in [-0.39, 0.29) is 11.5 Å². The maximum atomic E-state index is 12.1. The Labute approximate surface area is 155 Å². The molecule has 0 aliphatic carbocycles. The number of nitro benzene ring substituents is 1. The van der Waals surface area contributed by atoms with Crippen molar-refractivity contribution in [1.82, 2.24) is 4.98 Å². The van der Waals surface area contributed by atoms with Gasteiger partial charge >= 0.3 is 0 Å². The van der Waals surface area contributed by atoms with Crippen molar-refractivity contribution in [1.29, 1.82) is 0 Å². The van der Waals surface area contributed by atoms with Crippen LogP contribution in [0.5, 0.6) is 5.75 Å². The van der Waals surface area contributed by atoms with Crippen molar-refractivity contribution >= 4 is 17.5 Å². The van der Waals surface area contributed by atoms with Gasteiger partial charge in [0.2, 0.25) is 0 Å². The Morgan fingerprint density at radius 1 is 1.04 bits per heavy atom. The van der Waals surface area contributed by atoms with E-state index in [2.05, 4.69) is 4.98 Å². The number of pyridine rings is 1. The number of hydrogen-bond acceptors (Lipinski definition) is 5. The van der Waals surface area contributed by atoms with Gasteiger partial charge in [0.1, 0.15) is 12.4 Å². The highest BCUT2D eigenvalue weighted by molar-refractivity contribution is 6.06. The molecule has 0 aliphatic heterocycles. The van der Waals surface area contributed by atoms with Gasteiger partial charge in [-0.2, -0.15) is 0 Å². The monoisotopic (exact) mass is 360 g/mol. The first-order valence-corrected chi connectivity index (χ1v) is 8.21. The fourth-order valence-corrected chi connectivity index (χ4v) is 2.33. The lowest BCUT2D eigenvalue weighted by molar-refractivity contribution is -0.384. The van der Waals surface area contributed by atoms with E-state index in [0.717, 1.165) is 11.3 Å². The van der Waals surface area contributed by atoms with Crippen LogP contribution in [0.25, 0.3) is 6.08 Å². The molecule has 27 heavy (non-hydrogen) atoms. The molecule has 0 bridgehead atoms. The van der Waals surface area contributed by atoms with Crippen LogP contribution in [0.2, 0.25) is 0 Å². The van der Waals surface area contributed by atoms with Crippen LogP contribution in [0.3, 0.4) is 0 Å². The number of non-ortho nitro benzene ring substituents is 1. The van der Waals surface area contributed by atoms with E-state index < -0.39 is 4.92 Å². The van der Waals surface area contributed by atoms with Gasteiger partial charge in [0.15, 0.2) is 5.78 Å². The Morgan fingerprint density at radius 3 is 2.41 bits per heavy atom. The third-order valence-electron chi connectivity index (χ3n) is 3.78. The topological polar surface area (TPSA) is 82.3 Å². The SMILES string of the molecule is O=C(/C=C/c1ccc(OCc2ccccn2)cc1)c1ccc([N+](=O)[O-])cc1. The number of allylic oxidation sites excluding steroid dienone is 1. The number of carbonyl (C=O) groups is 1. The van der Waals surface area contributed by atoms with Crippen LogP contribution in [0, 0.1) is 10.1 Å². The van der Waals surface area contributed by atoms with E-state index in [4.69, 9.17) is 4.74 Å². The molecule has 1 aromatic heterocycles. The molecule has 0 N–H and O–H groups in total. The average Bonchev–Trinajstić information content (AvgIpc) is 2.72. The quantitative estimate of drug-likeness (QED) is 0.269. The standard InChI is InChI=1S/C21H16N2O4/c24-21(17-7-9-19(10-8-17)23(25)26)13-6-16-4-11-20(12-5-16)27-15-18-3-1-2-14-22-18/h1-14H,15H2/b13-6+. The normalized spacial score (nSPS) is 10.7. The fraction of sp³-hybridized carbons (Fsp3) is 0.0476. The predicted molar refractivity (Wildman–Crippen MR) is 101 cm³/mol. The van der Waals surface area contributed by atoms with Crippen molar-refractivity contribution in [2.45, 2.75) is 6.61 Å². The molecule has 0 atom stereocenters. The van der Waals surface area contributed by atoms with E-state index in [1.807, 2.05) is 42.5 Å². The van der Waals surface area contributed by atoms with E-state index in [0.29, 0.717) is 17.9 Å². The number of nitro groups is 1. The second kappa shape index (κ2) is 8.53. The summed E-state index contributed by atoms with van der Waals surface area (Å²) in [6, 6.07) is 18.5. The van der Waals surface area contributed by atoms with Gasteiger partial charge in [0, 0.05) is 23.9 Å². The molecule has 3 aromatic rings. The van der Waals surface area contributed by atoms with Crippen molar-refractivity contribution in [2.75, 3.05) is 0 Å².